The van der Waals surface area contributed by atoms with Crippen LogP contribution < -0.4 is 5.32 Å². The maximum atomic E-state index is 12.5. The highest BCUT2D eigenvalue weighted by Crippen LogP contribution is 2.18. The molecule has 0 saturated carbocycles. The van der Waals surface area contributed by atoms with Gasteiger partial charge in [-0.1, -0.05) is 13.8 Å². The molecule has 0 unspecified atom stereocenters. The van der Waals surface area contributed by atoms with Crippen LogP contribution in [0.4, 0.5) is 5.82 Å². The van der Waals surface area contributed by atoms with E-state index in [-0.39, 0.29) is 0 Å². The molecule has 0 spiro atoms. The molecule has 0 radical (unpaired) electrons. The van der Waals surface area contributed by atoms with E-state index in [4.69, 9.17) is 0 Å². The van der Waals surface area contributed by atoms with Gasteiger partial charge < -0.3 is 5.32 Å². The van der Waals surface area contributed by atoms with Crippen molar-refractivity contribution in [1.29, 1.82) is 0 Å². The maximum Gasteiger partial charge on any atom is 0.243 e. The van der Waals surface area contributed by atoms with Gasteiger partial charge in [-0.15, -0.1) is 0 Å². The molecule has 5 nitrogen and oxygen atoms in total. The van der Waals surface area contributed by atoms with Gasteiger partial charge in [0.05, 0.1) is 4.90 Å². The average molecular weight is 271 g/mol. The summed E-state index contributed by atoms with van der Waals surface area (Å²) >= 11 is 0. The molecule has 0 aliphatic rings. The zero-order valence-corrected chi connectivity index (χ0v) is 12.0. The molecule has 0 amide bonds. The monoisotopic (exact) mass is 271 g/mol. The number of nitrogens with one attached hydrogen (secondary N) is 1. The Morgan fingerprint density at radius 3 is 2.39 bits per heavy atom. The highest BCUT2D eigenvalue weighted by molar-refractivity contribution is 7.89. The molecule has 1 aromatic rings. The summed E-state index contributed by atoms with van der Waals surface area (Å²) in [6.45, 7) is 5.05. The number of aromatic nitrogens is 1. The SMILES string of the molecule is CCCN(CCC)S(=O)(=O)c1ccnc(NC)c1. The summed E-state index contributed by atoms with van der Waals surface area (Å²) in [6.07, 6.45) is 3.13. The van der Waals surface area contributed by atoms with Crippen molar-refractivity contribution >= 4 is 15.8 Å². The molecule has 6 heteroatoms. The van der Waals surface area contributed by atoms with Crippen molar-refractivity contribution in [2.75, 3.05) is 25.5 Å². The average Bonchev–Trinajstić information content (AvgIpc) is 2.38. The van der Waals surface area contributed by atoms with Crippen molar-refractivity contribution in [2.24, 2.45) is 0 Å². The number of nitrogens with zero attached hydrogens (tertiary/aromatic N) is 2. The maximum absolute atomic E-state index is 12.5. The van der Waals surface area contributed by atoms with Gasteiger partial charge in [0.1, 0.15) is 5.82 Å². The zero-order chi connectivity index (χ0) is 13.6. The van der Waals surface area contributed by atoms with Crippen LogP contribution >= 0.6 is 0 Å². The summed E-state index contributed by atoms with van der Waals surface area (Å²) in [5.41, 5.74) is 0. The lowest BCUT2D eigenvalue weighted by atomic mass is 10.4. The Morgan fingerprint density at radius 2 is 1.89 bits per heavy atom. The van der Waals surface area contributed by atoms with Crippen molar-refractivity contribution in [2.45, 2.75) is 31.6 Å². The number of rotatable bonds is 7. The molecule has 0 fully saturated rings. The van der Waals surface area contributed by atoms with Gasteiger partial charge in [0, 0.05) is 32.4 Å². The summed E-state index contributed by atoms with van der Waals surface area (Å²) in [5, 5.41) is 2.85. The van der Waals surface area contributed by atoms with Gasteiger partial charge in [0.25, 0.3) is 0 Å². The van der Waals surface area contributed by atoms with E-state index in [0.717, 1.165) is 12.8 Å². The van der Waals surface area contributed by atoms with Crippen LogP contribution in [-0.4, -0.2) is 37.8 Å². The first-order valence-electron chi connectivity index (χ1n) is 6.20. The third kappa shape index (κ3) is 3.43. The Kier molecular flexibility index (Phi) is 5.55. The molecular formula is C12H21N3O2S. The summed E-state index contributed by atoms with van der Waals surface area (Å²) in [6, 6.07) is 3.10. The fourth-order valence-corrected chi connectivity index (χ4v) is 3.35. The normalized spacial score (nSPS) is 11.8. The zero-order valence-electron chi connectivity index (χ0n) is 11.2. The lowest BCUT2D eigenvalue weighted by Crippen LogP contribution is -2.32. The first-order valence-corrected chi connectivity index (χ1v) is 7.64. The highest BCUT2D eigenvalue weighted by Gasteiger charge is 2.23. The smallest absolute Gasteiger partial charge is 0.243 e. The molecule has 1 heterocycles. The Bertz CT molecular complexity index is 468. The molecule has 1 N–H and O–H groups in total. The molecule has 0 aromatic carbocycles. The molecule has 0 aliphatic heterocycles. The standard InChI is InChI=1S/C12H21N3O2S/c1-4-8-15(9-5-2)18(16,17)11-6-7-14-12(10-11)13-3/h6-7,10H,4-5,8-9H2,1-3H3,(H,13,14). The van der Waals surface area contributed by atoms with Gasteiger partial charge in [-0.3, -0.25) is 0 Å². The lowest BCUT2D eigenvalue weighted by molar-refractivity contribution is 0.410. The van der Waals surface area contributed by atoms with Crippen molar-refractivity contribution in [1.82, 2.24) is 9.29 Å². The number of sulfonamides is 1. The van der Waals surface area contributed by atoms with Gasteiger partial charge in [-0.25, -0.2) is 13.4 Å². The molecular weight excluding hydrogens is 250 g/mol. The molecule has 18 heavy (non-hydrogen) atoms. The number of pyridine rings is 1. The van der Waals surface area contributed by atoms with Gasteiger partial charge in [-0.05, 0) is 18.9 Å². The van der Waals surface area contributed by atoms with Crippen LogP contribution in [0.25, 0.3) is 0 Å². The minimum atomic E-state index is -3.40. The van der Waals surface area contributed by atoms with E-state index in [1.807, 2.05) is 13.8 Å². The molecule has 0 bridgehead atoms. The van der Waals surface area contributed by atoms with E-state index >= 15 is 0 Å². The summed E-state index contributed by atoms with van der Waals surface area (Å²) in [5.74, 6) is 0.559. The van der Waals surface area contributed by atoms with Gasteiger partial charge in [-0.2, -0.15) is 4.31 Å². The van der Waals surface area contributed by atoms with E-state index in [2.05, 4.69) is 10.3 Å². The quantitative estimate of drug-likeness (QED) is 0.823. The molecule has 0 atom stereocenters. The predicted octanol–water partition coefficient (Wildman–Crippen LogP) is 1.93. The van der Waals surface area contributed by atoms with Crippen LogP contribution in [0.3, 0.4) is 0 Å². The van der Waals surface area contributed by atoms with E-state index in [1.165, 1.54) is 16.6 Å². The number of hydrogen-bond donors (Lipinski definition) is 1. The van der Waals surface area contributed by atoms with Crippen molar-refractivity contribution in [3.05, 3.63) is 18.3 Å². The molecule has 1 rings (SSSR count). The van der Waals surface area contributed by atoms with Crippen molar-refractivity contribution in [3.63, 3.8) is 0 Å². The van der Waals surface area contributed by atoms with Crippen LogP contribution in [0.5, 0.6) is 0 Å². The largest absolute Gasteiger partial charge is 0.373 e. The van der Waals surface area contributed by atoms with E-state index in [1.54, 1.807) is 13.1 Å². The van der Waals surface area contributed by atoms with Crippen LogP contribution in [-0.2, 0) is 10.0 Å². The number of anilines is 1. The van der Waals surface area contributed by atoms with Crippen molar-refractivity contribution in [3.8, 4) is 0 Å². The first-order chi connectivity index (χ1) is 8.56. The Morgan fingerprint density at radius 1 is 1.28 bits per heavy atom. The van der Waals surface area contributed by atoms with Crippen LogP contribution in [0.2, 0.25) is 0 Å². The Labute approximate surface area is 109 Å². The molecule has 102 valence electrons. The summed E-state index contributed by atoms with van der Waals surface area (Å²) in [4.78, 5) is 4.32. The van der Waals surface area contributed by atoms with E-state index < -0.39 is 10.0 Å². The van der Waals surface area contributed by atoms with Gasteiger partial charge in [0.2, 0.25) is 10.0 Å². The highest BCUT2D eigenvalue weighted by atomic mass is 32.2. The second kappa shape index (κ2) is 6.70. The minimum absolute atomic E-state index is 0.295. The summed E-state index contributed by atoms with van der Waals surface area (Å²) in [7, 11) is -1.69. The Balaban J connectivity index is 3.08. The third-order valence-electron chi connectivity index (χ3n) is 2.57. The third-order valence-corrected chi connectivity index (χ3v) is 4.47. The van der Waals surface area contributed by atoms with E-state index in [9.17, 15) is 8.42 Å². The fraction of sp³-hybridized carbons (Fsp3) is 0.583. The van der Waals surface area contributed by atoms with E-state index in [0.29, 0.717) is 23.8 Å². The predicted molar refractivity (Wildman–Crippen MR) is 73.1 cm³/mol. The van der Waals surface area contributed by atoms with Crippen LogP contribution in [0.1, 0.15) is 26.7 Å². The summed E-state index contributed by atoms with van der Waals surface area (Å²) < 4.78 is 26.4. The minimum Gasteiger partial charge on any atom is -0.373 e. The van der Waals surface area contributed by atoms with Gasteiger partial charge in [0.15, 0.2) is 0 Å². The van der Waals surface area contributed by atoms with Gasteiger partial charge >= 0.3 is 0 Å². The Hall–Kier alpha value is -1.14. The first kappa shape index (κ1) is 14.9. The second-order valence-electron chi connectivity index (χ2n) is 4.03. The van der Waals surface area contributed by atoms with Crippen molar-refractivity contribution < 1.29 is 8.42 Å². The topological polar surface area (TPSA) is 62.3 Å². The lowest BCUT2D eigenvalue weighted by Gasteiger charge is -2.21. The molecule has 0 saturated heterocycles. The number of hydrogen-bond acceptors (Lipinski definition) is 4. The molecule has 0 aliphatic carbocycles. The second-order valence-corrected chi connectivity index (χ2v) is 5.97. The molecule has 1 aromatic heterocycles. The fourth-order valence-electron chi connectivity index (χ4n) is 1.71. The van der Waals surface area contributed by atoms with Crippen LogP contribution in [0, 0.1) is 0 Å². The van der Waals surface area contributed by atoms with Crippen LogP contribution in [0.15, 0.2) is 23.2 Å².